The highest BCUT2D eigenvalue weighted by atomic mass is 16.7. The third kappa shape index (κ3) is 12.0. The molecule has 17 nitrogen and oxygen atoms in total. The zero-order valence-electron chi connectivity index (χ0n) is 33.2. The molecular formula is C40H53BN7O10+. The summed E-state index contributed by atoms with van der Waals surface area (Å²) in [4.78, 5) is 62.8. The number of likely N-dealkylation sites (N-methyl/N-ethyl adjacent to an activating group) is 1. The lowest BCUT2D eigenvalue weighted by Crippen LogP contribution is -2.49. The zero-order chi connectivity index (χ0) is 41.9. The molecule has 3 aromatic carbocycles. The Labute approximate surface area is 337 Å². The van der Waals surface area contributed by atoms with Crippen molar-refractivity contribution < 1.29 is 54.0 Å². The summed E-state index contributed by atoms with van der Waals surface area (Å²) in [7, 11) is 3.34. The molecule has 1 saturated heterocycles. The molecule has 0 bridgehead atoms. The highest BCUT2D eigenvalue weighted by Crippen LogP contribution is 2.26. The fourth-order valence-electron chi connectivity index (χ4n) is 7.35. The number of nitrogens with zero attached hydrogens (tertiary/aromatic N) is 7. The van der Waals surface area contributed by atoms with Gasteiger partial charge in [-0.25, -0.2) is 0 Å². The third-order valence-corrected chi connectivity index (χ3v) is 10.5. The lowest BCUT2D eigenvalue weighted by Gasteiger charge is -2.33. The van der Waals surface area contributed by atoms with Gasteiger partial charge in [-0.3, -0.25) is 38.8 Å². The normalized spacial score (nSPS) is 15.6. The number of carbonyl (C=O) groups excluding carboxylic acids is 1. The number of pyridine rings is 1. The maximum atomic E-state index is 13.9. The number of hydrogen-bond acceptors (Lipinski definition) is 12. The van der Waals surface area contributed by atoms with Crippen molar-refractivity contribution in [2.24, 2.45) is 0 Å². The van der Waals surface area contributed by atoms with Gasteiger partial charge < -0.3 is 35.1 Å². The average Bonchev–Trinajstić information content (AvgIpc) is 3.17. The second-order valence-corrected chi connectivity index (χ2v) is 14.7. The maximum Gasteiger partial charge on any atom is 0.489 e. The van der Waals surface area contributed by atoms with Crippen molar-refractivity contribution in [2.75, 3.05) is 99.7 Å². The summed E-state index contributed by atoms with van der Waals surface area (Å²) in [6, 6.07) is 19.4. The monoisotopic (exact) mass is 802 g/mol. The molecule has 2 heterocycles. The van der Waals surface area contributed by atoms with E-state index in [2.05, 4.69) is 6.07 Å². The van der Waals surface area contributed by atoms with E-state index in [1.165, 1.54) is 0 Å². The molecule has 0 unspecified atom stereocenters. The molecule has 5 N–H and O–H groups in total. The smallest absolute Gasteiger partial charge is 0.480 e. The Balaban J connectivity index is 1.40. The molecule has 18 heteroatoms. The molecule has 0 atom stereocenters. The number of aromatic nitrogens is 1. The first kappa shape index (κ1) is 44.1. The van der Waals surface area contributed by atoms with E-state index in [4.69, 9.17) is 4.84 Å². The van der Waals surface area contributed by atoms with E-state index >= 15 is 0 Å². The Morgan fingerprint density at radius 2 is 1.22 bits per heavy atom. The van der Waals surface area contributed by atoms with Crippen LogP contribution < -0.4 is 10.0 Å². The molecule has 1 aliphatic rings. The number of fused-ring (bicyclic) bond motifs is 3. The molecule has 310 valence electrons. The van der Waals surface area contributed by atoms with Crippen LogP contribution in [0, 0.1) is 0 Å². The Hall–Kier alpha value is -5.05. The van der Waals surface area contributed by atoms with Crippen molar-refractivity contribution in [3.63, 3.8) is 0 Å². The first-order valence-corrected chi connectivity index (χ1v) is 19.1. The largest absolute Gasteiger partial charge is 0.489 e. The number of carboxylic acid groups (broad SMARTS) is 3. The summed E-state index contributed by atoms with van der Waals surface area (Å²) in [5, 5.41) is 53.7. The van der Waals surface area contributed by atoms with E-state index in [-0.39, 0.29) is 71.4 Å². The minimum atomic E-state index is -1.70. The first-order valence-electron chi connectivity index (χ1n) is 19.1. The van der Waals surface area contributed by atoms with Gasteiger partial charge in [0.2, 0.25) is 17.1 Å². The number of amides is 1. The van der Waals surface area contributed by atoms with E-state index in [0.717, 1.165) is 32.9 Å². The molecule has 5 rings (SSSR count). The minimum absolute atomic E-state index is 0.0196. The van der Waals surface area contributed by atoms with E-state index < -0.39 is 25.0 Å². The van der Waals surface area contributed by atoms with Gasteiger partial charge in [0.1, 0.15) is 0 Å². The van der Waals surface area contributed by atoms with E-state index in [1.54, 1.807) is 58.0 Å². The number of aliphatic carboxylic acids is 3. The lowest BCUT2D eigenvalue weighted by atomic mass is 9.76. The van der Waals surface area contributed by atoms with Gasteiger partial charge in [-0.1, -0.05) is 36.4 Å². The molecular weight excluding hydrogens is 749 g/mol. The summed E-state index contributed by atoms with van der Waals surface area (Å²) >= 11 is 0. The lowest BCUT2D eigenvalue weighted by molar-refractivity contribution is -0.566. The topological polar surface area (TPSA) is 202 Å². The van der Waals surface area contributed by atoms with Gasteiger partial charge in [0.05, 0.1) is 45.2 Å². The summed E-state index contributed by atoms with van der Waals surface area (Å²) in [6.45, 7) is 2.29. The van der Waals surface area contributed by atoms with Crippen molar-refractivity contribution in [3.8, 4) is 5.69 Å². The zero-order valence-corrected chi connectivity index (χ0v) is 33.2. The second kappa shape index (κ2) is 20.6. The Morgan fingerprint density at radius 1 is 0.690 bits per heavy atom. The van der Waals surface area contributed by atoms with Crippen LogP contribution in [0.3, 0.4) is 0 Å². The first-order chi connectivity index (χ1) is 27.7. The third-order valence-electron chi connectivity index (χ3n) is 10.5. The van der Waals surface area contributed by atoms with Gasteiger partial charge in [-0.05, 0) is 23.2 Å². The fourth-order valence-corrected chi connectivity index (χ4v) is 7.35. The van der Waals surface area contributed by atoms with E-state index in [0.29, 0.717) is 37.2 Å². The van der Waals surface area contributed by atoms with Gasteiger partial charge >= 0.3 is 25.0 Å². The van der Waals surface area contributed by atoms with E-state index in [9.17, 15) is 44.5 Å². The Kier molecular flexibility index (Phi) is 15.6. The predicted molar refractivity (Wildman–Crippen MR) is 216 cm³/mol. The Bertz CT molecular complexity index is 2060. The molecule has 58 heavy (non-hydrogen) atoms. The Morgan fingerprint density at radius 3 is 1.74 bits per heavy atom. The van der Waals surface area contributed by atoms with Crippen LogP contribution in [0.15, 0.2) is 66.9 Å². The summed E-state index contributed by atoms with van der Waals surface area (Å²) in [5.41, 5.74) is 3.53. The summed E-state index contributed by atoms with van der Waals surface area (Å²) in [6.07, 6.45) is 2.02. The van der Waals surface area contributed by atoms with Crippen LogP contribution in [0.25, 0.3) is 27.4 Å². The van der Waals surface area contributed by atoms with Crippen LogP contribution in [-0.4, -0.2) is 186 Å². The molecule has 1 fully saturated rings. The molecule has 0 spiro atoms. The van der Waals surface area contributed by atoms with Crippen LogP contribution in [0.1, 0.15) is 11.1 Å². The van der Waals surface area contributed by atoms with E-state index in [1.807, 2.05) is 58.1 Å². The van der Waals surface area contributed by atoms with Gasteiger partial charge in [-0.2, -0.15) is 9.63 Å². The molecule has 1 aromatic heterocycles. The molecule has 1 amide bonds. The quantitative estimate of drug-likeness (QED) is 0.0440. The van der Waals surface area contributed by atoms with Crippen LogP contribution in [0.5, 0.6) is 0 Å². The van der Waals surface area contributed by atoms with Crippen molar-refractivity contribution >= 4 is 58.1 Å². The van der Waals surface area contributed by atoms with Crippen molar-refractivity contribution in [3.05, 3.63) is 78.0 Å². The van der Waals surface area contributed by atoms with Crippen LogP contribution >= 0.6 is 0 Å². The SMILES string of the molecule is CON(C)Cc1c(B(O)O)cccc1-[n+]1cc2ccccc2c2cc(CN(C)C(=O)CN3CCN(CC(=O)O)CCN(CC(=O)O)CCN(CC(=O)O)CC3)ccc21. The molecule has 0 aliphatic carbocycles. The predicted octanol–water partition coefficient (Wildman–Crippen LogP) is -0.623. The second-order valence-electron chi connectivity index (χ2n) is 14.7. The highest BCUT2D eigenvalue weighted by molar-refractivity contribution is 6.59. The van der Waals surface area contributed by atoms with Gasteiger partial charge in [0.25, 0.3) is 0 Å². The van der Waals surface area contributed by atoms with Gasteiger partial charge in [-0.15, -0.1) is 0 Å². The number of rotatable bonds is 15. The summed E-state index contributed by atoms with van der Waals surface area (Å²) < 4.78 is 2.03. The molecule has 0 radical (unpaired) electrons. The number of hydroxylamine groups is 2. The van der Waals surface area contributed by atoms with Crippen LogP contribution in [-0.2, 0) is 37.1 Å². The van der Waals surface area contributed by atoms with Crippen LogP contribution in [0.4, 0.5) is 0 Å². The number of carboxylic acids is 3. The fraction of sp³-hybridized carbons (Fsp3) is 0.425. The van der Waals surface area contributed by atoms with Crippen LogP contribution in [0.2, 0.25) is 0 Å². The van der Waals surface area contributed by atoms with Gasteiger partial charge in [0, 0.05) is 101 Å². The highest BCUT2D eigenvalue weighted by Gasteiger charge is 2.27. The molecule has 0 saturated carbocycles. The maximum absolute atomic E-state index is 13.9. The van der Waals surface area contributed by atoms with Crippen molar-refractivity contribution in [1.29, 1.82) is 0 Å². The van der Waals surface area contributed by atoms with Crippen molar-refractivity contribution in [2.45, 2.75) is 13.1 Å². The minimum Gasteiger partial charge on any atom is -0.480 e. The van der Waals surface area contributed by atoms with Gasteiger partial charge in [0.15, 0.2) is 6.20 Å². The summed E-state index contributed by atoms with van der Waals surface area (Å²) in [5.74, 6) is -3.23. The number of benzene rings is 3. The van der Waals surface area contributed by atoms with Crippen molar-refractivity contribution in [1.82, 2.24) is 29.6 Å². The molecule has 1 aliphatic heterocycles. The molecule has 4 aromatic rings. The standard InChI is InChI=1S/C40H52BN7O10/c1-42(37(49)25-44-13-15-45(26-38(50)51)17-19-47(28-40(54)55)20-18-46(16-14-44)27-39(52)53)22-29-11-12-36-32(21-29)31-8-5-4-7-30(31)23-48(36)35-10-6-9-34(41(56)57)33(35)24-43(2)58-3/h4-12,21,23,56-57H,13-20,22,24-28H2,1-3H3,(H2-,50,51,52,53,54,55)/p+1. The average molecular weight is 803 g/mol. The number of carbonyl (C=O) groups is 4. The number of hydrogen-bond donors (Lipinski definition) is 5.